The van der Waals surface area contributed by atoms with E-state index in [1.807, 2.05) is 13.8 Å². The van der Waals surface area contributed by atoms with E-state index in [4.69, 9.17) is 0 Å². The Bertz CT molecular complexity index is 298. The summed E-state index contributed by atoms with van der Waals surface area (Å²) in [5.41, 5.74) is 0. The van der Waals surface area contributed by atoms with Gasteiger partial charge in [-0.3, -0.25) is 9.59 Å². The maximum atomic E-state index is 11.7. The molecule has 4 heteroatoms. The van der Waals surface area contributed by atoms with E-state index in [2.05, 4.69) is 22.8 Å². The smallest absolute Gasteiger partial charge is 0.223 e. The number of carbonyl (C=O) groups is 2. The molecule has 0 aliphatic heterocycles. The average molecular weight is 238 g/mol. The molecule has 1 atom stereocenters. The van der Waals surface area contributed by atoms with E-state index in [1.54, 1.807) is 0 Å². The molecule has 0 fully saturated rings. The molecule has 1 aliphatic carbocycles. The average Bonchev–Trinajstić information content (AvgIpc) is 2.35. The summed E-state index contributed by atoms with van der Waals surface area (Å²) in [6.45, 7) is 4.72. The lowest BCUT2D eigenvalue weighted by Crippen LogP contribution is -2.38. The Morgan fingerprint density at radius 3 is 2.53 bits per heavy atom. The van der Waals surface area contributed by atoms with Gasteiger partial charge in [-0.2, -0.15) is 0 Å². The van der Waals surface area contributed by atoms with Crippen LogP contribution in [-0.4, -0.2) is 24.9 Å². The SMILES string of the molecule is CC(C)C(=O)NCCNC(=O)C1CC=CCC1. The third kappa shape index (κ3) is 5.02. The number of hydrogen-bond donors (Lipinski definition) is 2. The molecule has 0 aromatic carbocycles. The highest BCUT2D eigenvalue weighted by Crippen LogP contribution is 2.17. The maximum Gasteiger partial charge on any atom is 0.223 e. The molecule has 0 heterocycles. The van der Waals surface area contributed by atoms with Gasteiger partial charge in [-0.1, -0.05) is 26.0 Å². The van der Waals surface area contributed by atoms with Crippen molar-refractivity contribution < 1.29 is 9.59 Å². The fourth-order valence-electron chi connectivity index (χ4n) is 1.75. The van der Waals surface area contributed by atoms with Gasteiger partial charge in [0.1, 0.15) is 0 Å². The first-order valence-electron chi connectivity index (χ1n) is 6.31. The number of carbonyl (C=O) groups excluding carboxylic acids is 2. The summed E-state index contributed by atoms with van der Waals surface area (Å²) in [6.07, 6.45) is 6.94. The van der Waals surface area contributed by atoms with Crippen molar-refractivity contribution in [2.75, 3.05) is 13.1 Å². The topological polar surface area (TPSA) is 58.2 Å². The number of hydrogen-bond acceptors (Lipinski definition) is 2. The van der Waals surface area contributed by atoms with Gasteiger partial charge >= 0.3 is 0 Å². The number of rotatable bonds is 5. The van der Waals surface area contributed by atoms with Gasteiger partial charge in [-0.05, 0) is 19.3 Å². The summed E-state index contributed by atoms with van der Waals surface area (Å²) in [6, 6.07) is 0. The standard InChI is InChI=1S/C13H22N2O2/c1-10(2)12(16)14-8-9-15-13(17)11-6-4-3-5-7-11/h3-4,10-11H,5-9H2,1-2H3,(H,14,16)(H,15,17). The van der Waals surface area contributed by atoms with Crippen LogP contribution in [0.2, 0.25) is 0 Å². The summed E-state index contributed by atoms with van der Waals surface area (Å²) in [4.78, 5) is 23.0. The van der Waals surface area contributed by atoms with E-state index in [0.717, 1.165) is 19.3 Å². The van der Waals surface area contributed by atoms with Crippen molar-refractivity contribution in [3.8, 4) is 0 Å². The first-order valence-corrected chi connectivity index (χ1v) is 6.31. The largest absolute Gasteiger partial charge is 0.354 e. The molecule has 0 saturated carbocycles. The third-order valence-corrected chi connectivity index (χ3v) is 2.89. The molecule has 0 aromatic heterocycles. The Hall–Kier alpha value is -1.32. The van der Waals surface area contributed by atoms with Crippen molar-refractivity contribution >= 4 is 11.8 Å². The highest BCUT2D eigenvalue weighted by atomic mass is 16.2. The van der Waals surface area contributed by atoms with Gasteiger partial charge in [-0.15, -0.1) is 0 Å². The monoisotopic (exact) mass is 238 g/mol. The molecule has 0 radical (unpaired) electrons. The molecule has 1 unspecified atom stereocenters. The van der Waals surface area contributed by atoms with E-state index >= 15 is 0 Å². The second-order valence-electron chi connectivity index (χ2n) is 4.72. The Morgan fingerprint density at radius 1 is 1.24 bits per heavy atom. The molecule has 17 heavy (non-hydrogen) atoms. The summed E-state index contributed by atoms with van der Waals surface area (Å²) >= 11 is 0. The van der Waals surface area contributed by atoms with E-state index in [-0.39, 0.29) is 23.7 Å². The molecule has 1 rings (SSSR count). The molecule has 4 nitrogen and oxygen atoms in total. The Balaban J connectivity index is 2.12. The zero-order valence-electron chi connectivity index (χ0n) is 10.7. The Morgan fingerprint density at radius 2 is 1.94 bits per heavy atom. The van der Waals surface area contributed by atoms with Crippen molar-refractivity contribution in [1.82, 2.24) is 10.6 Å². The summed E-state index contributed by atoms with van der Waals surface area (Å²) in [5, 5.41) is 5.63. The van der Waals surface area contributed by atoms with Crippen molar-refractivity contribution in [3.05, 3.63) is 12.2 Å². The third-order valence-electron chi connectivity index (χ3n) is 2.89. The number of allylic oxidation sites excluding steroid dienone is 2. The van der Waals surface area contributed by atoms with Crippen LogP contribution in [0.4, 0.5) is 0 Å². The van der Waals surface area contributed by atoms with Crippen LogP contribution in [0.15, 0.2) is 12.2 Å². The molecule has 0 bridgehead atoms. The van der Waals surface area contributed by atoms with Crippen LogP contribution in [0, 0.1) is 11.8 Å². The van der Waals surface area contributed by atoms with Crippen molar-refractivity contribution in [2.45, 2.75) is 33.1 Å². The van der Waals surface area contributed by atoms with Crippen LogP contribution < -0.4 is 10.6 Å². The molecular formula is C13H22N2O2. The van der Waals surface area contributed by atoms with Gasteiger partial charge in [0.2, 0.25) is 11.8 Å². The highest BCUT2D eigenvalue weighted by molar-refractivity contribution is 5.79. The van der Waals surface area contributed by atoms with Crippen LogP contribution >= 0.6 is 0 Å². The molecule has 96 valence electrons. The maximum absolute atomic E-state index is 11.7. The normalized spacial score (nSPS) is 19.1. The molecule has 2 amide bonds. The quantitative estimate of drug-likeness (QED) is 0.559. The lowest BCUT2D eigenvalue weighted by molar-refractivity contribution is -0.126. The lowest BCUT2D eigenvalue weighted by Gasteiger charge is -2.17. The Kier molecular flexibility index (Phi) is 5.73. The first-order chi connectivity index (χ1) is 8.11. The number of nitrogens with one attached hydrogen (secondary N) is 2. The van der Waals surface area contributed by atoms with E-state index in [1.165, 1.54) is 0 Å². The van der Waals surface area contributed by atoms with Crippen molar-refractivity contribution in [2.24, 2.45) is 11.8 Å². The summed E-state index contributed by atoms with van der Waals surface area (Å²) in [5.74, 6) is 0.239. The zero-order valence-corrected chi connectivity index (χ0v) is 10.7. The summed E-state index contributed by atoms with van der Waals surface area (Å²) in [7, 11) is 0. The highest BCUT2D eigenvalue weighted by Gasteiger charge is 2.17. The Labute approximate surface area is 103 Å². The first kappa shape index (κ1) is 13.7. The van der Waals surface area contributed by atoms with Crippen LogP contribution in [0.1, 0.15) is 33.1 Å². The van der Waals surface area contributed by atoms with Gasteiger partial charge in [0.15, 0.2) is 0 Å². The second-order valence-corrected chi connectivity index (χ2v) is 4.72. The fourth-order valence-corrected chi connectivity index (χ4v) is 1.75. The summed E-state index contributed by atoms with van der Waals surface area (Å²) < 4.78 is 0. The predicted octanol–water partition coefficient (Wildman–Crippen LogP) is 1.23. The minimum absolute atomic E-state index is 0.00539. The van der Waals surface area contributed by atoms with E-state index in [9.17, 15) is 9.59 Å². The van der Waals surface area contributed by atoms with Gasteiger partial charge in [0, 0.05) is 24.9 Å². The molecule has 0 aromatic rings. The zero-order chi connectivity index (χ0) is 12.7. The molecular weight excluding hydrogens is 216 g/mol. The van der Waals surface area contributed by atoms with Gasteiger partial charge < -0.3 is 10.6 Å². The minimum Gasteiger partial charge on any atom is -0.354 e. The van der Waals surface area contributed by atoms with Crippen LogP contribution in [-0.2, 0) is 9.59 Å². The minimum atomic E-state index is -0.00539. The van der Waals surface area contributed by atoms with E-state index in [0.29, 0.717) is 13.1 Å². The van der Waals surface area contributed by atoms with Crippen LogP contribution in [0.3, 0.4) is 0 Å². The molecule has 0 spiro atoms. The molecule has 2 N–H and O–H groups in total. The predicted molar refractivity (Wildman–Crippen MR) is 67.3 cm³/mol. The molecule has 0 saturated heterocycles. The van der Waals surface area contributed by atoms with Gasteiger partial charge in [0.05, 0.1) is 0 Å². The van der Waals surface area contributed by atoms with Gasteiger partial charge in [-0.25, -0.2) is 0 Å². The van der Waals surface area contributed by atoms with Crippen molar-refractivity contribution in [3.63, 3.8) is 0 Å². The molecule has 1 aliphatic rings. The number of amides is 2. The second kappa shape index (κ2) is 7.09. The van der Waals surface area contributed by atoms with Crippen LogP contribution in [0.25, 0.3) is 0 Å². The van der Waals surface area contributed by atoms with Crippen molar-refractivity contribution in [1.29, 1.82) is 0 Å². The fraction of sp³-hybridized carbons (Fsp3) is 0.692. The lowest BCUT2D eigenvalue weighted by atomic mass is 9.94. The van der Waals surface area contributed by atoms with Gasteiger partial charge in [0.25, 0.3) is 0 Å². The van der Waals surface area contributed by atoms with E-state index < -0.39 is 0 Å². The van der Waals surface area contributed by atoms with Crippen LogP contribution in [0.5, 0.6) is 0 Å².